The molecule has 8 nitrogen and oxygen atoms in total. The maximum atomic E-state index is 14.3. The fourth-order valence-electron chi connectivity index (χ4n) is 4.86. The minimum Gasteiger partial charge on any atom is -0.480 e. The van der Waals surface area contributed by atoms with Gasteiger partial charge in [-0.2, -0.15) is 0 Å². The average Bonchev–Trinajstić information content (AvgIpc) is 2.84. The SMILES string of the molecule is O=C(O)[C@H](CCOC1CC(CCc2ccc3c(n2)NCCC3)C1)Nc1ncnc2cccc(F)c12. The van der Waals surface area contributed by atoms with Crippen molar-refractivity contribution in [2.75, 3.05) is 23.8 Å². The van der Waals surface area contributed by atoms with Crippen molar-refractivity contribution in [2.24, 2.45) is 5.92 Å². The van der Waals surface area contributed by atoms with Gasteiger partial charge < -0.3 is 20.5 Å². The largest absolute Gasteiger partial charge is 0.480 e. The molecule has 2 aliphatic rings. The molecule has 1 saturated carbocycles. The van der Waals surface area contributed by atoms with Crippen molar-refractivity contribution in [3.05, 3.63) is 53.7 Å². The maximum absolute atomic E-state index is 14.3. The van der Waals surface area contributed by atoms with Crippen LogP contribution in [0.4, 0.5) is 16.0 Å². The second-order valence-electron chi connectivity index (χ2n) is 9.39. The number of halogens is 1. The van der Waals surface area contributed by atoms with Gasteiger partial charge in [0.25, 0.3) is 0 Å². The summed E-state index contributed by atoms with van der Waals surface area (Å²) in [5, 5.41) is 16.1. The number of nitrogens with one attached hydrogen (secondary N) is 2. The summed E-state index contributed by atoms with van der Waals surface area (Å²) in [5.74, 6) is 0.302. The van der Waals surface area contributed by atoms with Crippen molar-refractivity contribution in [2.45, 2.75) is 57.1 Å². The van der Waals surface area contributed by atoms with Gasteiger partial charge in [-0.05, 0) is 68.2 Å². The summed E-state index contributed by atoms with van der Waals surface area (Å²) in [5.41, 5.74) is 2.86. The highest BCUT2D eigenvalue weighted by atomic mass is 19.1. The highest BCUT2D eigenvalue weighted by Crippen LogP contribution is 2.34. The molecule has 184 valence electrons. The zero-order valence-corrected chi connectivity index (χ0v) is 19.5. The Morgan fingerprint density at radius 3 is 3.00 bits per heavy atom. The molecule has 0 radical (unpaired) electrons. The van der Waals surface area contributed by atoms with Crippen LogP contribution in [0, 0.1) is 11.7 Å². The molecule has 3 heterocycles. The molecule has 3 N–H and O–H groups in total. The minimum atomic E-state index is -1.03. The summed E-state index contributed by atoms with van der Waals surface area (Å²) < 4.78 is 20.2. The molecular weight excluding hydrogens is 449 g/mol. The van der Waals surface area contributed by atoms with Crippen molar-refractivity contribution in [3.63, 3.8) is 0 Å². The number of fused-ring (bicyclic) bond motifs is 2. The number of aromatic nitrogens is 3. The number of anilines is 2. The van der Waals surface area contributed by atoms with Crippen LogP contribution >= 0.6 is 0 Å². The maximum Gasteiger partial charge on any atom is 0.326 e. The Kier molecular flexibility index (Phi) is 7.03. The topological polar surface area (TPSA) is 109 Å². The first-order chi connectivity index (χ1) is 17.1. The number of hydrogen-bond donors (Lipinski definition) is 3. The van der Waals surface area contributed by atoms with Gasteiger partial charge >= 0.3 is 5.97 Å². The molecule has 1 fully saturated rings. The highest BCUT2D eigenvalue weighted by molar-refractivity contribution is 5.91. The highest BCUT2D eigenvalue weighted by Gasteiger charge is 2.30. The molecule has 0 unspecified atom stereocenters. The smallest absolute Gasteiger partial charge is 0.326 e. The third-order valence-electron chi connectivity index (χ3n) is 6.93. The van der Waals surface area contributed by atoms with Crippen LogP contribution < -0.4 is 10.6 Å². The summed E-state index contributed by atoms with van der Waals surface area (Å²) >= 11 is 0. The van der Waals surface area contributed by atoms with E-state index >= 15 is 0 Å². The number of benzene rings is 1. The van der Waals surface area contributed by atoms with E-state index in [4.69, 9.17) is 9.72 Å². The predicted octanol–water partition coefficient (Wildman–Crippen LogP) is 4.21. The summed E-state index contributed by atoms with van der Waals surface area (Å²) in [6.45, 7) is 1.31. The lowest BCUT2D eigenvalue weighted by Crippen LogP contribution is -2.35. The van der Waals surface area contributed by atoms with Crippen LogP contribution in [0.2, 0.25) is 0 Å². The Labute approximate surface area is 203 Å². The van der Waals surface area contributed by atoms with E-state index in [0.29, 0.717) is 18.0 Å². The third kappa shape index (κ3) is 5.51. The van der Waals surface area contributed by atoms with Crippen LogP contribution in [0.15, 0.2) is 36.7 Å². The zero-order chi connectivity index (χ0) is 24.2. The first-order valence-corrected chi connectivity index (χ1v) is 12.3. The number of pyridine rings is 1. The van der Waals surface area contributed by atoms with Gasteiger partial charge in [0.05, 0.1) is 17.0 Å². The number of carbonyl (C=O) groups is 1. The summed E-state index contributed by atoms with van der Waals surface area (Å²) in [6, 6.07) is 7.93. The van der Waals surface area contributed by atoms with Crippen molar-refractivity contribution >= 4 is 28.5 Å². The lowest BCUT2D eigenvalue weighted by Gasteiger charge is -2.35. The molecule has 1 aromatic carbocycles. The number of ether oxygens (including phenoxy) is 1. The number of nitrogens with zero attached hydrogens (tertiary/aromatic N) is 3. The first kappa shape index (κ1) is 23.4. The molecule has 9 heteroatoms. The molecule has 35 heavy (non-hydrogen) atoms. The van der Waals surface area contributed by atoms with Gasteiger partial charge in [0, 0.05) is 25.3 Å². The van der Waals surface area contributed by atoms with Crippen LogP contribution in [0.25, 0.3) is 10.9 Å². The van der Waals surface area contributed by atoms with E-state index in [1.54, 1.807) is 12.1 Å². The second-order valence-corrected chi connectivity index (χ2v) is 9.39. The third-order valence-corrected chi connectivity index (χ3v) is 6.93. The molecule has 5 rings (SSSR count). The van der Waals surface area contributed by atoms with E-state index < -0.39 is 17.8 Å². The molecule has 1 aliphatic carbocycles. The predicted molar refractivity (Wildman–Crippen MR) is 131 cm³/mol. The quantitative estimate of drug-likeness (QED) is 0.397. The molecule has 1 atom stereocenters. The monoisotopic (exact) mass is 479 g/mol. The van der Waals surface area contributed by atoms with Crippen LogP contribution in [-0.4, -0.2) is 51.3 Å². The molecule has 0 amide bonds. The van der Waals surface area contributed by atoms with Crippen LogP contribution in [0.1, 0.15) is 43.4 Å². The molecule has 0 spiro atoms. The molecule has 1 aliphatic heterocycles. The molecule has 0 bridgehead atoms. The first-order valence-electron chi connectivity index (χ1n) is 12.3. The van der Waals surface area contributed by atoms with Gasteiger partial charge in [0.15, 0.2) is 0 Å². The molecule has 2 aromatic heterocycles. The fourth-order valence-corrected chi connectivity index (χ4v) is 4.86. The van der Waals surface area contributed by atoms with Gasteiger partial charge in [-0.25, -0.2) is 24.1 Å². The van der Waals surface area contributed by atoms with Gasteiger partial charge in [-0.15, -0.1) is 0 Å². The lowest BCUT2D eigenvalue weighted by molar-refractivity contribution is -0.138. The molecule has 0 saturated heterocycles. The number of carboxylic acid groups (broad SMARTS) is 1. The van der Waals surface area contributed by atoms with Crippen molar-refractivity contribution in [3.8, 4) is 0 Å². The van der Waals surface area contributed by atoms with Crippen molar-refractivity contribution in [1.29, 1.82) is 0 Å². The number of carboxylic acids is 1. The van der Waals surface area contributed by atoms with E-state index in [1.807, 2.05) is 0 Å². The number of hydrogen-bond acceptors (Lipinski definition) is 7. The van der Waals surface area contributed by atoms with Gasteiger partial charge in [0.1, 0.15) is 29.8 Å². The summed E-state index contributed by atoms with van der Waals surface area (Å²) in [7, 11) is 0. The Morgan fingerprint density at radius 1 is 1.26 bits per heavy atom. The van der Waals surface area contributed by atoms with E-state index in [9.17, 15) is 14.3 Å². The Bertz CT molecular complexity index is 1200. The van der Waals surface area contributed by atoms with Gasteiger partial charge in [0.2, 0.25) is 0 Å². The Balaban J connectivity index is 1.06. The van der Waals surface area contributed by atoms with Crippen molar-refractivity contribution < 1.29 is 19.0 Å². The summed E-state index contributed by atoms with van der Waals surface area (Å²) in [4.78, 5) is 24.7. The van der Waals surface area contributed by atoms with Gasteiger partial charge in [-0.1, -0.05) is 12.1 Å². The van der Waals surface area contributed by atoms with Crippen LogP contribution in [-0.2, 0) is 22.4 Å². The summed E-state index contributed by atoms with van der Waals surface area (Å²) in [6.07, 6.45) is 7.97. The number of rotatable bonds is 10. The average molecular weight is 480 g/mol. The Morgan fingerprint density at radius 2 is 2.14 bits per heavy atom. The second kappa shape index (κ2) is 10.5. The van der Waals surface area contributed by atoms with E-state index in [0.717, 1.165) is 56.6 Å². The van der Waals surface area contributed by atoms with Crippen molar-refractivity contribution in [1.82, 2.24) is 15.0 Å². The van der Waals surface area contributed by atoms with Crippen LogP contribution in [0.5, 0.6) is 0 Å². The van der Waals surface area contributed by atoms with Gasteiger partial charge in [-0.3, -0.25) is 0 Å². The zero-order valence-electron chi connectivity index (χ0n) is 19.5. The Hall–Kier alpha value is -3.33. The van der Waals surface area contributed by atoms with E-state index in [-0.39, 0.29) is 23.7 Å². The molecular formula is C26H30FN5O3. The van der Waals surface area contributed by atoms with E-state index in [2.05, 4.69) is 32.7 Å². The molecule has 3 aromatic rings. The van der Waals surface area contributed by atoms with Crippen LogP contribution in [0.3, 0.4) is 0 Å². The number of aliphatic carboxylic acids is 1. The minimum absolute atomic E-state index is 0.157. The normalized spacial score (nSPS) is 19.9. The van der Waals surface area contributed by atoms with E-state index in [1.165, 1.54) is 18.0 Å². The number of aryl methyl sites for hydroxylation is 2. The fraction of sp³-hybridized carbons (Fsp3) is 0.462. The standard InChI is InChI=1S/C26H30FN5O3/c27-20-4-1-5-21-23(20)25(30-15-29-21)32-22(26(33)34)10-12-35-19-13-16(14-19)6-8-18-9-7-17-3-2-11-28-24(17)31-18/h1,4-5,7,9,15-16,19,22H,2-3,6,8,10-14H2,(H,28,31)(H,33,34)(H,29,30,32)/t16?,19?,22-/m0/s1. The lowest BCUT2D eigenvalue weighted by atomic mass is 9.79.